The van der Waals surface area contributed by atoms with Gasteiger partial charge >= 0.3 is 11.9 Å². The molecule has 2 atom stereocenters. The summed E-state index contributed by atoms with van der Waals surface area (Å²) in [6.07, 6.45) is 3.80. The third kappa shape index (κ3) is 6.45. The fourth-order valence-electron chi connectivity index (χ4n) is 9.07. The van der Waals surface area contributed by atoms with E-state index >= 15 is 0 Å². The molecular weight excluding hydrogens is 723 g/mol. The Hall–Kier alpha value is -4.08. The molecule has 0 bridgehead atoms. The summed E-state index contributed by atoms with van der Waals surface area (Å²) < 4.78 is 22.5. The lowest BCUT2D eigenvalue weighted by atomic mass is 9.91. The van der Waals surface area contributed by atoms with Crippen molar-refractivity contribution in [2.45, 2.75) is 51.6 Å². The second-order valence-electron chi connectivity index (χ2n) is 14.8. The van der Waals surface area contributed by atoms with E-state index in [-0.39, 0.29) is 35.9 Å². The fraction of sp³-hybridized carbons (Fsp3) is 0.409. The van der Waals surface area contributed by atoms with Gasteiger partial charge in [0, 0.05) is 71.6 Å². The average Bonchev–Trinajstić information content (AvgIpc) is 3.75. The van der Waals surface area contributed by atoms with Gasteiger partial charge in [0.15, 0.2) is 0 Å². The van der Waals surface area contributed by atoms with Gasteiger partial charge in [0.25, 0.3) is 0 Å². The van der Waals surface area contributed by atoms with Crippen molar-refractivity contribution in [3.8, 4) is 44.9 Å². The van der Waals surface area contributed by atoms with E-state index in [0.717, 1.165) is 70.6 Å². The Kier molecular flexibility index (Phi) is 10.4. The lowest BCUT2D eigenvalue weighted by molar-refractivity contribution is -0.156. The van der Waals surface area contributed by atoms with Gasteiger partial charge in [-0.05, 0) is 73.9 Å². The monoisotopic (exact) mass is 768 g/mol. The number of methoxy groups -OCH3 is 2. The lowest BCUT2D eigenvalue weighted by Gasteiger charge is -2.42. The molecule has 0 saturated carbocycles. The summed E-state index contributed by atoms with van der Waals surface area (Å²) in [6, 6.07) is 21.3. The van der Waals surface area contributed by atoms with Gasteiger partial charge in [0.05, 0.1) is 49.3 Å². The fourth-order valence-corrected chi connectivity index (χ4v) is 9.74. The number of benzene rings is 4. The molecule has 2 aliphatic heterocycles. The summed E-state index contributed by atoms with van der Waals surface area (Å²) in [5, 5.41) is 1.25. The number of hydrogen-bond donors (Lipinski definition) is 0. The van der Waals surface area contributed by atoms with Gasteiger partial charge in [0.1, 0.15) is 11.5 Å². The molecule has 2 heterocycles. The van der Waals surface area contributed by atoms with Crippen LogP contribution >= 0.6 is 23.2 Å². The molecular formula is C44H46Cl2N2O6. The number of fused-ring (bicyclic) bond motifs is 2. The number of esters is 2. The number of carbonyl (C=O) groups is 2. The van der Waals surface area contributed by atoms with Crippen LogP contribution in [0.25, 0.3) is 33.4 Å². The van der Waals surface area contributed by atoms with Crippen molar-refractivity contribution in [2.24, 2.45) is 11.8 Å². The topological polar surface area (TPSA) is 77.5 Å². The molecule has 54 heavy (non-hydrogen) atoms. The molecule has 0 aromatic heterocycles. The minimum Gasteiger partial charge on any atom is -0.496 e. The van der Waals surface area contributed by atoms with Gasteiger partial charge in [-0.1, -0.05) is 71.7 Å². The Bertz CT molecular complexity index is 1960. The molecule has 0 spiro atoms. The SMILES string of the molecule is CCOC(=O)C1CN([C@H]2CCc3cc(-c4cccc(-c5cccc(-c6cc7c(c(OC)c6)[C@@H](N6CC(C(=O)OCC)C6)CC7)c5Cl)c4Cl)cc(OC)c32)C1. The number of halogens is 2. The zero-order valence-corrected chi connectivity index (χ0v) is 32.8. The second kappa shape index (κ2) is 15.2. The van der Waals surface area contributed by atoms with Crippen LogP contribution in [0, 0.1) is 11.8 Å². The Morgan fingerprint density at radius 2 is 1.02 bits per heavy atom. The van der Waals surface area contributed by atoms with Crippen LogP contribution in [-0.4, -0.2) is 75.4 Å². The van der Waals surface area contributed by atoms with Gasteiger partial charge in [-0.15, -0.1) is 0 Å². The van der Waals surface area contributed by atoms with Gasteiger partial charge in [-0.2, -0.15) is 0 Å². The summed E-state index contributed by atoms with van der Waals surface area (Å²) in [4.78, 5) is 29.3. The molecule has 0 N–H and O–H groups in total. The normalized spacial score (nSPS) is 19.8. The lowest BCUT2D eigenvalue weighted by Crippen LogP contribution is -2.51. The Morgan fingerprint density at radius 3 is 1.39 bits per heavy atom. The van der Waals surface area contributed by atoms with Crippen LogP contribution in [0.3, 0.4) is 0 Å². The minimum atomic E-state index is -0.107. The maximum Gasteiger partial charge on any atom is 0.311 e. The van der Waals surface area contributed by atoms with E-state index < -0.39 is 0 Å². The molecule has 0 unspecified atom stereocenters. The third-order valence-electron chi connectivity index (χ3n) is 11.8. The van der Waals surface area contributed by atoms with Crippen LogP contribution in [0.1, 0.15) is 61.0 Å². The maximum atomic E-state index is 12.3. The molecule has 8 rings (SSSR count). The first-order valence-electron chi connectivity index (χ1n) is 19.1. The highest BCUT2D eigenvalue weighted by atomic mass is 35.5. The molecule has 0 amide bonds. The van der Waals surface area contributed by atoms with E-state index in [4.69, 9.17) is 42.1 Å². The molecule has 2 aliphatic carbocycles. The molecule has 10 heteroatoms. The Labute approximate surface area is 327 Å². The highest BCUT2D eigenvalue weighted by Gasteiger charge is 2.43. The standard InChI is InChI=1S/C44H46Cl2N2O6/c1-5-53-43(49)29-21-47(22-29)35-15-13-25-17-27(19-37(51-3)39(25)35)31-9-7-11-33(41(31)45)34-12-8-10-32(42(34)46)28-18-26-14-16-36(40(26)38(20-28)52-4)48-23-30(24-48)44(50)54-6-2/h7-12,17-20,29-30,35-36H,5-6,13-16,21-24H2,1-4H3/t35-,36-/m0/s1. The van der Waals surface area contributed by atoms with E-state index in [2.05, 4.69) is 34.1 Å². The van der Waals surface area contributed by atoms with E-state index in [1.807, 2.05) is 50.2 Å². The summed E-state index contributed by atoms with van der Waals surface area (Å²) in [5.41, 5.74) is 10.4. The third-order valence-corrected chi connectivity index (χ3v) is 12.6. The molecule has 2 saturated heterocycles. The van der Waals surface area contributed by atoms with Crippen LogP contribution in [0.4, 0.5) is 0 Å². The van der Waals surface area contributed by atoms with Crippen molar-refractivity contribution in [1.82, 2.24) is 9.80 Å². The summed E-state index contributed by atoms with van der Waals surface area (Å²) >= 11 is 14.6. The molecule has 4 aromatic carbocycles. The first-order valence-corrected chi connectivity index (χ1v) is 19.8. The van der Waals surface area contributed by atoms with E-state index in [9.17, 15) is 9.59 Å². The van der Waals surface area contributed by atoms with Gasteiger partial charge in [-0.25, -0.2) is 0 Å². The van der Waals surface area contributed by atoms with Crippen LogP contribution in [-0.2, 0) is 31.9 Å². The number of ether oxygens (including phenoxy) is 4. The van der Waals surface area contributed by atoms with Gasteiger partial charge in [-0.3, -0.25) is 19.4 Å². The van der Waals surface area contributed by atoms with Crippen LogP contribution in [0.2, 0.25) is 10.0 Å². The van der Waals surface area contributed by atoms with E-state index in [1.165, 1.54) is 22.3 Å². The number of hydrogen-bond acceptors (Lipinski definition) is 8. The molecule has 0 radical (unpaired) electrons. The Morgan fingerprint density at radius 1 is 0.630 bits per heavy atom. The van der Waals surface area contributed by atoms with E-state index in [1.54, 1.807) is 14.2 Å². The number of aryl methyl sites for hydroxylation is 2. The number of nitrogens with zero attached hydrogens (tertiary/aromatic N) is 2. The minimum absolute atomic E-state index is 0.0629. The van der Waals surface area contributed by atoms with Crippen molar-refractivity contribution in [3.05, 3.63) is 93.0 Å². The summed E-state index contributed by atoms with van der Waals surface area (Å²) in [5.74, 6) is 1.34. The van der Waals surface area contributed by atoms with Crippen molar-refractivity contribution >= 4 is 35.1 Å². The van der Waals surface area contributed by atoms with Crippen LogP contribution in [0.5, 0.6) is 11.5 Å². The molecule has 8 nitrogen and oxygen atoms in total. The maximum absolute atomic E-state index is 12.3. The van der Waals surface area contributed by atoms with Crippen molar-refractivity contribution in [1.29, 1.82) is 0 Å². The van der Waals surface area contributed by atoms with Crippen LogP contribution in [0.15, 0.2) is 60.7 Å². The number of rotatable bonds is 11. The van der Waals surface area contributed by atoms with Crippen LogP contribution < -0.4 is 9.47 Å². The van der Waals surface area contributed by atoms with Crippen molar-refractivity contribution in [2.75, 3.05) is 53.6 Å². The summed E-state index contributed by atoms with van der Waals surface area (Å²) in [7, 11) is 3.44. The van der Waals surface area contributed by atoms with Crippen molar-refractivity contribution < 1.29 is 28.5 Å². The first-order chi connectivity index (χ1) is 26.2. The average molecular weight is 770 g/mol. The predicted octanol–water partition coefficient (Wildman–Crippen LogP) is 8.98. The largest absolute Gasteiger partial charge is 0.496 e. The molecule has 4 aliphatic rings. The molecule has 4 aromatic rings. The van der Waals surface area contributed by atoms with Crippen molar-refractivity contribution in [3.63, 3.8) is 0 Å². The number of carbonyl (C=O) groups excluding carboxylic acids is 2. The zero-order chi connectivity index (χ0) is 37.7. The van der Waals surface area contributed by atoms with E-state index in [0.29, 0.717) is 49.4 Å². The zero-order valence-electron chi connectivity index (χ0n) is 31.3. The summed E-state index contributed by atoms with van der Waals surface area (Å²) in [6.45, 7) is 7.34. The second-order valence-corrected chi connectivity index (χ2v) is 15.5. The smallest absolute Gasteiger partial charge is 0.311 e. The number of likely N-dealkylation sites (tertiary alicyclic amines) is 2. The highest BCUT2D eigenvalue weighted by molar-refractivity contribution is 6.39. The predicted molar refractivity (Wildman–Crippen MR) is 211 cm³/mol. The molecule has 282 valence electrons. The first kappa shape index (κ1) is 36.9. The van der Waals surface area contributed by atoms with Gasteiger partial charge < -0.3 is 18.9 Å². The highest BCUT2D eigenvalue weighted by Crippen LogP contribution is 2.50. The quantitative estimate of drug-likeness (QED) is 0.140. The Balaban J connectivity index is 1.06. The van der Waals surface area contributed by atoms with Gasteiger partial charge in [0.2, 0.25) is 0 Å². The molecule has 2 fully saturated rings.